The highest BCUT2D eigenvalue weighted by Gasteiger charge is 2.13. The number of Topliss-reactive ketones (excluding diaryl/α,β-unsaturated/α-hetero) is 1. The first-order chi connectivity index (χ1) is 6.52. The molecule has 0 fully saturated rings. The summed E-state index contributed by atoms with van der Waals surface area (Å²) in [5, 5.41) is 0. The molecule has 0 amide bonds. The number of hydrogen-bond donors (Lipinski definition) is 0. The second kappa shape index (κ2) is 5.21. The number of carbonyl (C=O) groups excluding carboxylic acids is 1. The Balaban J connectivity index is 2.87. The average molecular weight is 371 g/mol. The van der Waals surface area contributed by atoms with Crippen molar-refractivity contribution in [3.05, 3.63) is 33.1 Å². The quantitative estimate of drug-likeness (QED) is 0.589. The van der Waals surface area contributed by atoms with Crippen LogP contribution in [-0.4, -0.2) is 10.6 Å². The second-order valence-electron chi connectivity index (χ2n) is 3.00. The molecule has 1 aromatic rings. The Morgan fingerprint density at radius 2 is 2.29 bits per heavy atom. The molecule has 4 heteroatoms. The molecule has 0 saturated carbocycles. The highest BCUT2D eigenvalue weighted by Crippen LogP contribution is 2.19. The minimum absolute atomic E-state index is 0.0602. The van der Waals surface area contributed by atoms with Gasteiger partial charge in [0.15, 0.2) is 0 Å². The summed E-state index contributed by atoms with van der Waals surface area (Å²) in [5.41, 5.74) is 0.864. The number of rotatable bonds is 3. The molecule has 1 aromatic carbocycles. The van der Waals surface area contributed by atoms with Crippen LogP contribution in [0.15, 0.2) is 18.2 Å². The highest BCUT2D eigenvalue weighted by molar-refractivity contribution is 14.1. The largest absolute Gasteiger partial charge is 0.299 e. The van der Waals surface area contributed by atoms with Gasteiger partial charge in [-0.15, -0.1) is 0 Å². The minimum Gasteiger partial charge on any atom is -0.299 e. The van der Waals surface area contributed by atoms with Crippen molar-refractivity contribution in [2.24, 2.45) is 0 Å². The molecule has 0 spiro atoms. The molecule has 1 rings (SSSR count). The van der Waals surface area contributed by atoms with Crippen LogP contribution in [0.2, 0.25) is 0 Å². The van der Waals surface area contributed by atoms with E-state index in [-0.39, 0.29) is 16.4 Å². The molecule has 0 heterocycles. The van der Waals surface area contributed by atoms with Crippen LogP contribution in [0.1, 0.15) is 12.5 Å². The van der Waals surface area contributed by atoms with Gasteiger partial charge in [-0.1, -0.05) is 28.1 Å². The summed E-state index contributed by atoms with van der Waals surface area (Å²) in [6.45, 7) is 1.52. The topological polar surface area (TPSA) is 17.1 Å². The van der Waals surface area contributed by atoms with Crippen molar-refractivity contribution in [3.63, 3.8) is 0 Å². The standard InChI is InChI=1S/C10H9BrFIO/c1-6(14)8(11)5-7-3-2-4-9(12)10(7)13/h2-4,8H,5H2,1H3. The fourth-order valence-electron chi connectivity index (χ4n) is 1.04. The molecule has 0 aliphatic heterocycles. The molecule has 1 atom stereocenters. The van der Waals surface area contributed by atoms with Gasteiger partial charge >= 0.3 is 0 Å². The van der Waals surface area contributed by atoms with Crippen molar-refractivity contribution in [2.45, 2.75) is 18.2 Å². The predicted molar refractivity (Wildman–Crippen MR) is 66.2 cm³/mol. The molecule has 1 nitrogen and oxygen atoms in total. The van der Waals surface area contributed by atoms with Gasteiger partial charge in [0.2, 0.25) is 0 Å². The van der Waals surface area contributed by atoms with Gasteiger partial charge in [-0.05, 0) is 47.6 Å². The fraction of sp³-hybridized carbons (Fsp3) is 0.300. The molecule has 76 valence electrons. The molecular weight excluding hydrogens is 362 g/mol. The minimum atomic E-state index is -0.230. The van der Waals surface area contributed by atoms with Crippen molar-refractivity contribution in [3.8, 4) is 0 Å². The van der Waals surface area contributed by atoms with E-state index in [0.29, 0.717) is 9.99 Å². The Morgan fingerprint density at radius 1 is 1.64 bits per heavy atom. The van der Waals surface area contributed by atoms with Gasteiger partial charge < -0.3 is 0 Å². The Kier molecular flexibility index (Phi) is 4.50. The van der Waals surface area contributed by atoms with Crippen LogP contribution < -0.4 is 0 Å². The molecule has 0 aromatic heterocycles. The number of ketones is 1. The SMILES string of the molecule is CC(=O)C(Br)Cc1cccc(F)c1I. The Hall–Kier alpha value is 0.0300. The van der Waals surface area contributed by atoms with Crippen molar-refractivity contribution >= 4 is 44.3 Å². The summed E-state index contributed by atoms with van der Waals surface area (Å²) in [7, 11) is 0. The summed E-state index contributed by atoms with van der Waals surface area (Å²) in [5.74, 6) is -0.170. The summed E-state index contributed by atoms with van der Waals surface area (Å²) in [6, 6.07) is 4.91. The normalized spacial score (nSPS) is 12.6. The van der Waals surface area contributed by atoms with E-state index in [4.69, 9.17) is 0 Å². The first-order valence-corrected chi connectivity index (χ1v) is 6.09. The molecule has 0 aliphatic rings. The van der Waals surface area contributed by atoms with Crippen molar-refractivity contribution in [1.29, 1.82) is 0 Å². The van der Waals surface area contributed by atoms with Gasteiger partial charge in [0.25, 0.3) is 0 Å². The smallest absolute Gasteiger partial charge is 0.143 e. The lowest BCUT2D eigenvalue weighted by Gasteiger charge is -2.08. The van der Waals surface area contributed by atoms with Gasteiger partial charge in [-0.3, -0.25) is 4.79 Å². The third kappa shape index (κ3) is 3.02. The zero-order valence-corrected chi connectivity index (χ0v) is 11.3. The number of hydrogen-bond acceptors (Lipinski definition) is 1. The number of halogens is 3. The molecule has 14 heavy (non-hydrogen) atoms. The van der Waals surface area contributed by atoms with Gasteiger partial charge in [-0.25, -0.2) is 4.39 Å². The summed E-state index contributed by atoms with van der Waals surface area (Å²) in [6.07, 6.45) is 0.533. The number of carbonyl (C=O) groups is 1. The fourth-order valence-corrected chi connectivity index (χ4v) is 1.97. The van der Waals surface area contributed by atoms with E-state index in [0.717, 1.165) is 5.56 Å². The third-order valence-corrected chi connectivity index (χ3v) is 4.05. The zero-order chi connectivity index (χ0) is 10.7. The van der Waals surface area contributed by atoms with Crippen LogP contribution in [0.5, 0.6) is 0 Å². The summed E-state index contributed by atoms with van der Waals surface area (Å²) in [4.78, 5) is 10.8. The van der Waals surface area contributed by atoms with Crippen LogP contribution in [0.25, 0.3) is 0 Å². The maximum absolute atomic E-state index is 13.1. The lowest BCUT2D eigenvalue weighted by molar-refractivity contribution is -0.116. The van der Waals surface area contributed by atoms with E-state index in [1.54, 1.807) is 6.07 Å². The van der Waals surface area contributed by atoms with Gasteiger partial charge in [-0.2, -0.15) is 0 Å². The van der Waals surface area contributed by atoms with E-state index in [9.17, 15) is 9.18 Å². The second-order valence-corrected chi connectivity index (χ2v) is 5.18. The predicted octanol–water partition coefficient (Wildman–Crippen LogP) is 3.33. The van der Waals surface area contributed by atoms with Gasteiger partial charge in [0, 0.05) is 0 Å². The summed E-state index contributed by atoms with van der Waals surface area (Å²) < 4.78 is 13.7. The molecule has 0 N–H and O–H groups in total. The van der Waals surface area contributed by atoms with Crippen LogP contribution in [-0.2, 0) is 11.2 Å². The van der Waals surface area contributed by atoms with Crippen LogP contribution in [0.4, 0.5) is 4.39 Å². The number of benzene rings is 1. The lowest BCUT2D eigenvalue weighted by Crippen LogP contribution is -2.13. The average Bonchev–Trinajstić information content (AvgIpc) is 2.12. The number of alkyl halides is 1. The van der Waals surface area contributed by atoms with Crippen molar-refractivity contribution < 1.29 is 9.18 Å². The van der Waals surface area contributed by atoms with E-state index in [1.807, 2.05) is 28.7 Å². The zero-order valence-electron chi connectivity index (χ0n) is 7.56. The Morgan fingerprint density at radius 3 is 2.86 bits per heavy atom. The summed E-state index contributed by atoms with van der Waals surface area (Å²) >= 11 is 5.22. The van der Waals surface area contributed by atoms with Crippen LogP contribution >= 0.6 is 38.5 Å². The monoisotopic (exact) mass is 370 g/mol. The van der Waals surface area contributed by atoms with E-state index in [1.165, 1.54) is 13.0 Å². The van der Waals surface area contributed by atoms with E-state index < -0.39 is 0 Å². The van der Waals surface area contributed by atoms with E-state index in [2.05, 4.69) is 15.9 Å². The van der Waals surface area contributed by atoms with Crippen LogP contribution in [0, 0.1) is 9.39 Å². The lowest BCUT2D eigenvalue weighted by atomic mass is 10.1. The molecule has 0 bridgehead atoms. The highest BCUT2D eigenvalue weighted by atomic mass is 127. The molecule has 0 saturated heterocycles. The Labute approximate surface area is 104 Å². The van der Waals surface area contributed by atoms with Crippen molar-refractivity contribution in [2.75, 3.05) is 0 Å². The molecule has 0 radical (unpaired) electrons. The van der Waals surface area contributed by atoms with E-state index >= 15 is 0 Å². The molecule has 1 unspecified atom stereocenters. The van der Waals surface area contributed by atoms with Crippen molar-refractivity contribution in [1.82, 2.24) is 0 Å². The third-order valence-electron chi connectivity index (χ3n) is 1.87. The van der Waals surface area contributed by atoms with Gasteiger partial charge in [0.1, 0.15) is 11.6 Å². The van der Waals surface area contributed by atoms with Gasteiger partial charge in [0.05, 0.1) is 8.40 Å². The Bertz CT molecular complexity index is 354. The first-order valence-electron chi connectivity index (χ1n) is 4.09. The maximum Gasteiger partial charge on any atom is 0.143 e. The maximum atomic E-state index is 13.1. The molecule has 0 aliphatic carbocycles. The molecular formula is C10H9BrFIO. The van der Waals surface area contributed by atoms with Crippen LogP contribution in [0.3, 0.4) is 0 Å². The first kappa shape index (κ1) is 12.1.